The molecule has 0 amide bonds. The Labute approximate surface area is 112 Å². The molecule has 0 unspecified atom stereocenters. The van der Waals surface area contributed by atoms with Gasteiger partial charge in [0.25, 0.3) is 0 Å². The highest BCUT2D eigenvalue weighted by atomic mass is 16.5. The van der Waals surface area contributed by atoms with E-state index in [1.165, 1.54) is 38.5 Å². The first-order valence-corrected chi connectivity index (χ1v) is 7.64. The lowest BCUT2D eigenvalue weighted by Gasteiger charge is -2.39. The maximum atomic E-state index is 9.84. The molecule has 0 atom stereocenters. The van der Waals surface area contributed by atoms with E-state index in [1.807, 2.05) is 7.11 Å². The van der Waals surface area contributed by atoms with Crippen LogP contribution >= 0.6 is 0 Å². The molecule has 0 bridgehead atoms. The molecule has 3 nitrogen and oxygen atoms in total. The number of aliphatic hydroxyl groups is 1. The standard InChI is InChI=1S/C15H29NO2/c1-18-14-6-10-16(11-7-14)12-15(13-17)8-4-2-3-5-9-15/h14,17H,2-13H2,1H3. The average molecular weight is 255 g/mol. The van der Waals surface area contributed by atoms with E-state index in [4.69, 9.17) is 4.74 Å². The molecular formula is C15H29NO2. The Morgan fingerprint density at radius 2 is 1.72 bits per heavy atom. The Kier molecular flexibility index (Phi) is 5.46. The van der Waals surface area contributed by atoms with E-state index in [9.17, 15) is 5.11 Å². The molecule has 3 heteroatoms. The summed E-state index contributed by atoms with van der Waals surface area (Å²) in [6, 6.07) is 0. The SMILES string of the molecule is COC1CCN(CC2(CO)CCCCCC2)CC1. The Bertz CT molecular complexity index is 229. The van der Waals surface area contributed by atoms with Gasteiger partial charge in [-0.2, -0.15) is 0 Å². The number of aliphatic hydroxyl groups excluding tert-OH is 1. The Morgan fingerprint density at radius 3 is 2.22 bits per heavy atom. The number of hydrogen-bond acceptors (Lipinski definition) is 3. The van der Waals surface area contributed by atoms with Crippen LogP contribution in [0.4, 0.5) is 0 Å². The van der Waals surface area contributed by atoms with Crippen LogP contribution in [0.25, 0.3) is 0 Å². The summed E-state index contributed by atoms with van der Waals surface area (Å²) >= 11 is 0. The summed E-state index contributed by atoms with van der Waals surface area (Å²) in [4.78, 5) is 2.55. The number of likely N-dealkylation sites (tertiary alicyclic amines) is 1. The number of methoxy groups -OCH3 is 1. The molecule has 0 spiro atoms. The van der Waals surface area contributed by atoms with Gasteiger partial charge in [0.1, 0.15) is 0 Å². The molecule has 0 radical (unpaired) electrons. The number of nitrogens with zero attached hydrogens (tertiary/aromatic N) is 1. The lowest BCUT2D eigenvalue weighted by Crippen LogP contribution is -2.45. The second-order valence-electron chi connectivity index (χ2n) is 6.28. The molecule has 2 aliphatic rings. The van der Waals surface area contributed by atoms with E-state index in [1.54, 1.807) is 0 Å². The van der Waals surface area contributed by atoms with Crippen molar-refractivity contribution >= 4 is 0 Å². The summed E-state index contributed by atoms with van der Waals surface area (Å²) < 4.78 is 5.42. The summed E-state index contributed by atoms with van der Waals surface area (Å²) in [7, 11) is 1.82. The monoisotopic (exact) mass is 255 g/mol. The zero-order chi connectivity index (χ0) is 12.8. The molecule has 1 aliphatic heterocycles. The zero-order valence-corrected chi connectivity index (χ0v) is 11.9. The van der Waals surface area contributed by atoms with E-state index < -0.39 is 0 Å². The van der Waals surface area contributed by atoms with Crippen molar-refractivity contribution in [2.45, 2.75) is 57.5 Å². The van der Waals surface area contributed by atoms with Crippen LogP contribution in [-0.2, 0) is 4.74 Å². The first-order chi connectivity index (χ1) is 8.78. The molecule has 1 saturated carbocycles. The fourth-order valence-electron chi connectivity index (χ4n) is 3.62. The van der Waals surface area contributed by atoms with E-state index >= 15 is 0 Å². The van der Waals surface area contributed by atoms with Gasteiger partial charge < -0.3 is 14.7 Å². The summed E-state index contributed by atoms with van der Waals surface area (Å²) in [5, 5.41) is 9.84. The molecule has 2 rings (SSSR count). The minimum atomic E-state index is 0.191. The van der Waals surface area contributed by atoms with Gasteiger partial charge in [0.15, 0.2) is 0 Å². The maximum Gasteiger partial charge on any atom is 0.0595 e. The van der Waals surface area contributed by atoms with Crippen molar-refractivity contribution in [1.29, 1.82) is 0 Å². The second kappa shape index (κ2) is 6.88. The summed E-state index contributed by atoms with van der Waals surface area (Å²) in [5.74, 6) is 0. The maximum absolute atomic E-state index is 9.84. The van der Waals surface area contributed by atoms with Crippen molar-refractivity contribution in [1.82, 2.24) is 4.90 Å². The Balaban J connectivity index is 1.85. The predicted molar refractivity (Wildman–Crippen MR) is 73.7 cm³/mol. The third-order valence-electron chi connectivity index (χ3n) is 4.93. The van der Waals surface area contributed by atoms with Gasteiger partial charge in [0.2, 0.25) is 0 Å². The Hall–Kier alpha value is -0.120. The van der Waals surface area contributed by atoms with Crippen molar-refractivity contribution in [3.05, 3.63) is 0 Å². The molecule has 18 heavy (non-hydrogen) atoms. The van der Waals surface area contributed by atoms with Crippen LogP contribution in [-0.4, -0.2) is 49.5 Å². The quantitative estimate of drug-likeness (QED) is 0.783. The molecule has 1 saturated heterocycles. The first-order valence-electron chi connectivity index (χ1n) is 7.64. The highest BCUT2D eigenvalue weighted by Gasteiger charge is 2.33. The van der Waals surface area contributed by atoms with Gasteiger partial charge in [-0.05, 0) is 25.7 Å². The minimum absolute atomic E-state index is 0.191. The first kappa shape index (κ1) is 14.3. The molecule has 0 aromatic carbocycles. The zero-order valence-electron chi connectivity index (χ0n) is 11.9. The van der Waals surface area contributed by atoms with Gasteiger partial charge in [-0.1, -0.05) is 25.7 Å². The smallest absolute Gasteiger partial charge is 0.0595 e. The van der Waals surface area contributed by atoms with Crippen LogP contribution in [0.3, 0.4) is 0 Å². The van der Waals surface area contributed by atoms with Crippen molar-refractivity contribution in [2.75, 3.05) is 33.4 Å². The predicted octanol–water partition coefficient (Wildman–Crippen LogP) is 2.43. The highest BCUT2D eigenvalue weighted by Crippen LogP contribution is 2.36. The lowest BCUT2D eigenvalue weighted by atomic mass is 9.80. The van der Waals surface area contributed by atoms with E-state index in [-0.39, 0.29) is 5.41 Å². The van der Waals surface area contributed by atoms with Gasteiger partial charge in [-0.3, -0.25) is 0 Å². The normalized spacial score (nSPS) is 27.0. The van der Waals surface area contributed by atoms with Crippen LogP contribution in [0.15, 0.2) is 0 Å². The summed E-state index contributed by atoms with van der Waals surface area (Å²) in [6.07, 6.45) is 10.5. The van der Waals surface area contributed by atoms with Gasteiger partial charge in [-0.25, -0.2) is 0 Å². The fraction of sp³-hybridized carbons (Fsp3) is 1.00. The fourth-order valence-corrected chi connectivity index (χ4v) is 3.62. The van der Waals surface area contributed by atoms with Crippen LogP contribution in [0.1, 0.15) is 51.4 Å². The molecule has 1 N–H and O–H groups in total. The van der Waals surface area contributed by atoms with Crippen LogP contribution < -0.4 is 0 Å². The third-order valence-corrected chi connectivity index (χ3v) is 4.93. The van der Waals surface area contributed by atoms with Crippen molar-refractivity contribution in [3.63, 3.8) is 0 Å². The molecule has 2 fully saturated rings. The minimum Gasteiger partial charge on any atom is -0.396 e. The van der Waals surface area contributed by atoms with Gasteiger partial charge in [0, 0.05) is 38.8 Å². The second-order valence-corrected chi connectivity index (χ2v) is 6.28. The van der Waals surface area contributed by atoms with E-state index in [2.05, 4.69) is 4.90 Å². The van der Waals surface area contributed by atoms with Crippen molar-refractivity contribution in [2.24, 2.45) is 5.41 Å². The highest BCUT2D eigenvalue weighted by molar-refractivity contribution is 4.86. The van der Waals surface area contributed by atoms with Crippen molar-refractivity contribution < 1.29 is 9.84 Å². The molecule has 0 aromatic rings. The summed E-state index contributed by atoms with van der Waals surface area (Å²) in [5.41, 5.74) is 0.191. The van der Waals surface area contributed by atoms with Crippen LogP contribution in [0, 0.1) is 5.41 Å². The molecule has 0 aromatic heterocycles. The summed E-state index contributed by atoms with van der Waals surface area (Å²) in [6.45, 7) is 3.75. The van der Waals surface area contributed by atoms with Crippen molar-refractivity contribution in [3.8, 4) is 0 Å². The lowest BCUT2D eigenvalue weighted by molar-refractivity contribution is 0.00820. The average Bonchev–Trinajstić information content (AvgIpc) is 2.66. The number of rotatable bonds is 4. The van der Waals surface area contributed by atoms with E-state index in [0.717, 1.165) is 32.5 Å². The van der Waals surface area contributed by atoms with Gasteiger partial charge >= 0.3 is 0 Å². The number of ether oxygens (including phenoxy) is 1. The van der Waals surface area contributed by atoms with Gasteiger partial charge in [0.05, 0.1) is 6.10 Å². The van der Waals surface area contributed by atoms with Crippen LogP contribution in [0.5, 0.6) is 0 Å². The molecule has 106 valence electrons. The van der Waals surface area contributed by atoms with E-state index in [0.29, 0.717) is 12.7 Å². The topological polar surface area (TPSA) is 32.7 Å². The Morgan fingerprint density at radius 1 is 1.11 bits per heavy atom. The third kappa shape index (κ3) is 3.69. The van der Waals surface area contributed by atoms with Gasteiger partial charge in [-0.15, -0.1) is 0 Å². The largest absolute Gasteiger partial charge is 0.396 e. The molecular weight excluding hydrogens is 226 g/mol. The molecule has 1 heterocycles. The number of piperidine rings is 1. The molecule has 1 aliphatic carbocycles. The number of hydrogen-bond donors (Lipinski definition) is 1. The van der Waals surface area contributed by atoms with Crippen LogP contribution in [0.2, 0.25) is 0 Å².